The molecule has 1 aliphatic rings. The Hall–Kier alpha value is -1.76. The number of aromatic nitrogens is 1. The quantitative estimate of drug-likeness (QED) is 0.657. The second-order valence-corrected chi connectivity index (χ2v) is 4.05. The van der Waals surface area contributed by atoms with Crippen LogP contribution in [0.2, 0.25) is 0 Å². The van der Waals surface area contributed by atoms with Gasteiger partial charge in [0.05, 0.1) is 0 Å². The van der Waals surface area contributed by atoms with Gasteiger partial charge in [0.25, 0.3) is 0 Å². The molecule has 0 atom stereocenters. The van der Waals surface area contributed by atoms with Crippen LogP contribution in [0.15, 0.2) is 42.7 Å². The van der Waals surface area contributed by atoms with Gasteiger partial charge in [0, 0.05) is 18.1 Å². The second-order valence-electron chi connectivity index (χ2n) is 4.05. The predicted molar refractivity (Wildman–Crippen MR) is 63.2 cm³/mol. The maximum absolute atomic E-state index is 2.23. The molecule has 1 nitrogen and oxygen atoms in total. The molecular formula is C14H13N. The summed E-state index contributed by atoms with van der Waals surface area (Å²) < 4.78 is 2.21. The van der Waals surface area contributed by atoms with Gasteiger partial charge < -0.3 is 4.57 Å². The molecule has 0 amide bonds. The molecule has 0 bridgehead atoms. The Morgan fingerprint density at radius 2 is 2.13 bits per heavy atom. The maximum Gasteiger partial charge on any atom is 0.0490 e. The van der Waals surface area contributed by atoms with E-state index < -0.39 is 0 Å². The number of nitrogens with zero attached hydrogens (tertiary/aromatic N) is 1. The van der Waals surface area contributed by atoms with E-state index in [2.05, 4.69) is 60.3 Å². The van der Waals surface area contributed by atoms with E-state index in [4.69, 9.17) is 0 Å². The molecule has 0 fully saturated rings. The molecular weight excluding hydrogens is 182 g/mol. The van der Waals surface area contributed by atoms with E-state index in [1.807, 2.05) is 0 Å². The minimum Gasteiger partial charge on any atom is -0.323 e. The van der Waals surface area contributed by atoms with Crippen molar-refractivity contribution in [3.8, 4) is 5.69 Å². The van der Waals surface area contributed by atoms with Gasteiger partial charge in [0.15, 0.2) is 0 Å². The smallest absolute Gasteiger partial charge is 0.0490 e. The summed E-state index contributed by atoms with van der Waals surface area (Å²) in [6.07, 6.45) is 9.79. The zero-order valence-corrected chi connectivity index (χ0v) is 8.77. The molecule has 1 aliphatic carbocycles. The third kappa shape index (κ3) is 1.32. The third-order valence-electron chi connectivity index (χ3n) is 2.93. The van der Waals surface area contributed by atoms with Gasteiger partial charge >= 0.3 is 0 Å². The summed E-state index contributed by atoms with van der Waals surface area (Å²) >= 11 is 0. The van der Waals surface area contributed by atoms with Crippen molar-refractivity contribution in [3.63, 3.8) is 0 Å². The van der Waals surface area contributed by atoms with Gasteiger partial charge in [-0.25, -0.2) is 0 Å². The predicted octanol–water partition coefficient (Wildman–Crippen LogP) is 3.36. The fourth-order valence-electron chi connectivity index (χ4n) is 2.17. The molecule has 1 aromatic heterocycles. The van der Waals surface area contributed by atoms with Crippen molar-refractivity contribution >= 4 is 6.08 Å². The van der Waals surface area contributed by atoms with Gasteiger partial charge in [-0.1, -0.05) is 24.3 Å². The standard InChI is InChI=1S/C14H13N/c1-11-8-9-15(10-11)14-7-3-5-12-4-2-6-13(12)14/h2-5,7-10H,6H2,1H3. The molecule has 1 heteroatoms. The molecule has 0 saturated carbocycles. The molecule has 1 aromatic carbocycles. The lowest BCUT2D eigenvalue weighted by atomic mass is 10.1. The molecule has 2 aromatic rings. The normalized spacial score (nSPS) is 13.1. The number of fused-ring (bicyclic) bond motifs is 1. The number of allylic oxidation sites excluding steroid dienone is 1. The Kier molecular flexibility index (Phi) is 1.78. The van der Waals surface area contributed by atoms with E-state index in [0.717, 1.165) is 6.42 Å². The van der Waals surface area contributed by atoms with Crippen molar-refractivity contribution in [3.05, 3.63) is 59.4 Å². The number of benzene rings is 1. The minimum atomic E-state index is 1.06. The van der Waals surface area contributed by atoms with Crippen molar-refractivity contribution in [1.82, 2.24) is 4.57 Å². The zero-order chi connectivity index (χ0) is 10.3. The van der Waals surface area contributed by atoms with Crippen molar-refractivity contribution in [2.45, 2.75) is 13.3 Å². The van der Waals surface area contributed by atoms with E-state index in [0.29, 0.717) is 0 Å². The molecule has 0 saturated heterocycles. The number of aryl methyl sites for hydroxylation is 1. The van der Waals surface area contributed by atoms with Crippen LogP contribution in [0.5, 0.6) is 0 Å². The Balaban J connectivity index is 2.18. The number of hydrogen-bond acceptors (Lipinski definition) is 0. The fourth-order valence-corrected chi connectivity index (χ4v) is 2.17. The molecule has 0 N–H and O–H groups in total. The maximum atomic E-state index is 2.23. The van der Waals surface area contributed by atoms with Crippen LogP contribution in [-0.2, 0) is 6.42 Å². The van der Waals surface area contributed by atoms with Crippen LogP contribution < -0.4 is 0 Å². The zero-order valence-electron chi connectivity index (χ0n) is 8.77. The van der Waals surface area contributed by atoms with E-state index in [-0.39, 0.29) is 0 Å². The summed E-state index contributed by atoms with van der Waals surface area (Å²) in [4.78, 5) is 0. The summed E-state index contributed by atoms with van der Waals surface area (Å²) in [5.41, 5.74) is 5.41. The lowest BCUT2D eigenvalue weighted by Crippen LogP contribution is -1.96. The van der Waals surface area contributed by atoms with Crippen LogP contribution in [-0.4, -0.2) is 4.57 Å². The Bertz CT molecular complexity index is 532. The molecule has 74 valence electrons. The summed E-state index contributed by atoms with van der Waals surface area (Å²) in [5.74, 6) is 0. The highest BCUT2D eigenvalue weighted by atomic mass is 14.9. The van der Waals surface area contributed by atoms with E-state index in [1.54, 1.807) is 0 Å². The first-order valence-corrected chi connectivity index (χ1v) is 5.28. The minimum absolute atomic E-state index is 1.06. The number of hydrogen-bond donors (Lipinski definition) is 0. The van der Waals surface area contributed by atoms with Gasteiger partial charge in [-0.3, -0.25) is 0 Å². The topological polar surface area (TPSA) is 4.93 Å². The molecule has 0 radical (unpaired) electrons. The van der Waals surface area contributed by atoms with E-state index in [1.165, 1.54) is 22.4 Å². The van der Waals surface area contributed by atoms with E-state index >= 15 is 0 Å². The van der Waals surface area contributed by atoms with Gasteiger partial charge in [0.1, 0.15) is 0 Å². The average Bonchev–Trinajstić information content (AvgIpc) is 2.84. The molecule has 1 heterocycles. The van der Waals surface area contributed by atoms with Crippen molar-refractivity contribution < 1.29 is 0 Å². The van der Waals surface area contributed by atoms with Crippen molar-refractivity contribution in [2.75, 3.05) is 0 Å². The monoisotopic (exact) mass is 195 g/mol. The molecule has 0 aliphatic heterocycles. The van der Waals surface area contributed by atoms with Crippen LogP contribution in [0.3, 0.4) is 0 Å². The van der Waals surface area contributed by atoms with Crippen molar-refractivity contribution in [2.24, 2.45) is 0 Å². The highest BCUT2D eigenvalue weighted by Crippen LogP contribution is 2.26. The first-order chi connectivity index (χ1) is 7.34. The lowest BCUT2D eigenvalue weighted by Gasteiger charge is -2.09. The summed E-state index contributed by atoms with van der Waals surface area (Å²) in [7, 11) is 0. The lowest BCUT2D eigenvalue weighted by molar-refractivity contribution is 1.04. The first-order valence-electron chi connectivity index (χ1n) is 5.28. The van der Waals surface area contributed by atoms with Crippen molar-refractivity contribution in [1.29, 1.82) is 0 Å². The Morgan fingerprint density at radius 3 is 2.93 bits per heavy atom. The summed E-state index contributed by atoms with van der Waals surface area (Å²) in [6.45, 7) is 2.12. The third-order valence-corrected chi connectivity index (χ3v) is 2.93. The van der Waals surface area contributed by atoms with Gasteiger partial charge in [-0.05, 0) is 42.2 Å². The van der Waals surface area contributed by atoms with Crippen LogP contribution in [0.25, 0.3) is 11.8 Å². The summed E-state index contributed by atoms with van der Waals surface area (Å²) in [6, 6.07) is 8.63. The fraction of sp³-hybridized carbons (Fsp3) is 0.143. The Labute approximate surface area is 89.7 Å². The molecule has 15 heavy (non-hydrogen) atoms. The van der Waals surface area contributed by atoms with Crippen LogP contribution in [0.1, 0.15) is 16.7 Å². The van der Waals surface area contributed by atoms with Gasteiger partial charge in [-0.15, -0.1) is 0 Å². The highest BCUT2D eigenvalue weighted by Gasteiger charge is 2.10. The Morgan fingerprint density at radius 1 is 1.20 bits per heavy atom. The molecule has 0 unspecified atom stereocenters. The van der Waals surface area contributed by atoms with Gasteiger partial charge in [0.2, 0.25) is 0 Å². The number of rotatable bonds is 1. The first kappa shape index (κ1) is 8.54. The van der Waals surface area contributed by atoms with Crippen LogP contribution in [0, 0.1) is 6.92 Å². The average molecular weight is 195 g/mol. The SMILES string of the molecule is Cc1ccn(-c2cccc3c2CC=C3)c1. The summed E-state index contributed by atoms with van der Waals surface area (Å²) in [5, 5.41) is 0. The van der Waals surface area contributed by atoms with Crippen LogP contribution in [0.4, 0.5) is 0 Å². The highest BCUT2D eigenvalue weighted by molar-refractivity contribution is 5.65. The molecule has 0 spiro atoms. The van der Waals surface area contributed by atoms with Gasteiger partial charge in [-0.2, -0.15) is 0 Å². The largest absolute Gasteiger partial charge is 0.323 e. The molecule has 3 rings (SSSR count). The second kappa shape index (κ2) is 3.13. The van der Waals surface area contributed by atoms with Crippen LogP contribution >= 0.6 is 0 Å². The van der Waals surface area contributed by atoms with E-state index in [9.17, 15) is 0 Å².